The second kappa shape index (κ2) is 12.6. The first-order valence-corrected chi connectivity index (χ1v) is 15.6. The van der Waals surface area contributed by atoms with Gasteiger partial charge >= 0.3 is 0 Å². The first-order valence-electron chi connectivity index (χ1n) is 14.2. The predicted molar refractivity (Wildman–Crippen MR) is 167 cm³/mol. The fraction of sp³-hybridized carbons (Fsp3) is 0.176. The second-order valence-corrected chi connectivity index (χ2v) is 12.1. The van der Waals surface area contributed by atoms with Gasteiger partial charge in [-0.25, -0.2) is 13.1 Å². The lowest BCUT2D eigenvalue weighted by Crippen LogP contribution is -2.42. The average molecular weight is 606 g/mol. The Bertz CT molecular complexity index is 1930. The van der Waals surface area contributed by atoms with Crippen molar-refractivity contribution in [3.05, 3.63) is 119 Å². The van der Waals surface area contributed by atoms with Gasteiger partial charge in [0.05, 0.1) is 17.1 Å². The van der Waals surface area contributed by atoms with Crippen LogP contribution in [0, 0.1) is 11.3 Å². The van der Waals surface area contributed by atoms with Gasteiger partial charge in [-0.15, -0.1) is 0 Å². The lowest BCUT2D eigenvalue weighted by atomic mass is 9.93. The summed E-state index contributed by atoms with van der Waals surface area (Å²) in [5.41, 5.74) is 3.31. The summed E-state index contributed by atoms with van der Waals surface area (Å²) < 4.78 is 29.7. The maximum atomic E-state index is 13.8. The molecule has 3 aromatic carbocycles. The number of hydrogen-bond acceptors (Lipinski definition) is 6. The van der Waals surface area contributed by atoms with Crippen molar-refractivity contribution >= 4 is 27.9 Å². The molecule has 5 rings (SSSR count). The Kier molecular flexibility index (Phi) is 8.71. The van der Waals surface area contributed by atoms with E-state index in [9.17, 15) is 23.3 Å². The maximum Gasteiger partial charge on any atom is 0.271 e. The summed E-state index contributed by atoms with van der Waals surface area (Å²) in [6.45, 7) is 5.82. The molecule has 0 N–H and O–H groups in total. The minimum Gasteiger partial charge on any atom is -0.269 e. The summed E-state index contributed by atoms with van der Waals surface area (Å²) in [5.74, 6) is -1.18. The molecule has 222 valence electrons. The third-order valence-electron chi connectivity index (χ3n) is 7.52. The van der Waals surface area contributed by atoms with Crippen LogP contribution >= 0.6 is 0 Å². The van der Waals surface area contributed by atoms with Crippen LogP contribution in [0.25, 0.3) is 23.0 Å². The molecule has 0 spiro atoms. The van der Waals surface area contributed by atoms with Crippen molar-refractivity contribution in [2.24, 2.45) is 0 Å². The summed E-state index contributed by atoms with van der Waals surface area (Å²) in [5, 5.41) is 14.7. The molecule has 2 amide bonds. The number of carbonyl (C=O) groups excluding carboxylic acids is 2. The molecule has 10 heteroatoms. The third kappa shape index (κ3) is 5.75. The SMILES string of the molecule is CCN(CC)S(=O)(=O)c1cccc(-c2nn(-c3ccccc3)cc2/C=C2/C(=O)N(Cc3ccccc3)C(=O)C(C#N)=C2C)c1. The highest BCUT2D eigenvalue weighted by Gasteiger charge is 2.36. The summed E-state index contributed by atoms with van der Waals surface area (Å²) >= 11 is 0. The molecule has 9 nitrogen and oxygen atoms in total. The molecule has 44 heavy (non-hydrogen) atoms. The first kappa shape index (κ1) is 30.4. The molecule has 0 unspecified atom stereocenters. The number of nitriles is 1. The lowest BCUT2D eigenvalue weighted by molar-refractivity contribution is -0.141. The number of sulfonamides is 1. The van der Waals surface area contributed by atoms with Crippen LogP contribution < -0.4 is 0 Å². The molecular weight excluding hydrogens is 574 g/mol. The monoisotopic (exact) mass is 605 g/mol. The van der Waals surface area contributed by atoms with Crippen molar-refractivity contribution < 1.29 is 18.0 Å². The number of amides is 2. The highest BCUT2D eigenvalue weighted by Crippen LogP contribution is 2.33. The quantitative estimate of drug-likeness (QED) is 0.187. The number of nitrogens with zero attached hydrogens (tertiary/aromatic N) is 5. The van der Waals surface area contributed by atoms with E-state index in [0.717, 1.165) is 16.2 Å². The van der Waals surface area contributed by atoms with Crippen LogP contribution in [0.1, 0.15) is 31.9 Å². The van der Waals surface area contributed by atoms with Gasteiger partial charge in [0.1, 0.15) is 17.3 Å². The van der Waals surface area contributed by atoms with Crippen LogP contribution in [0.15, 0.2) is 113 Å². The number of benzene rings is 3. The number of rotatable bonds is 9. The lowest BCUT2D eigenvalue weighted by Gasteiger charge is -2.27. The summed E-state index contributed by atoms with van der Waals surface area (Å²) in [7, 11) is -3.75. The maximum absolute atomic E-state index is 13.8. The second-order valence-electron chi connectivity index (χ2n) is 10.2. The number of hydrogen-bond donors (Lipinski definition) is 0. The Morgan fingerprint density at radius 2 is 1.57 bits per heavy atom. The van der Waals surface area contributed by atoms with E-state index in [2.05, 4.69) is 0 Å². The van der Waals surface area contributed by atoms with Gasteiger partial charge in [-0.2, -0.15) is 14.7 Å². The van der Waals surface area contributed by atoms with Crippen molar-refractivity contribution in [1.82, 2.24) is 19.0 Å². The topological polar surface area (TPSA) is 116 Å². The van der Waals surface area contributed by atoms with E-state index < -0.39 is 21.8 Å². The number of para-hydroxylation sites is 1. The van der Waals surface area contributed by atoms with Crippen molar-refractivity contribution in [3.8, 4) is 23.0 Å². The van der Waals surface area contributed by atoms with Gasteiger partial charge in [-0.1, -0.05) is 74.5 Å². The molecule has 0 radical (unpaired) electrons. The van der Waals surface area contributed by atoms with Crippen LogP contribution in [0.3, 0.4) is 0 Å². The van der Waals surface area contributed by atoms with E-state index in [1.807, 2.05) is 66.7 Å². The molecule has 1 aromatic heterocycles. The Hall–Kier alpha value is -5.11. The zero-order valence-electron chi connectivity index (χ0n) is 24.6. The first-order chi connectivity index (χ1) is 21.2. The fourth-order valence-electron chi connectivity index (χ4n) is 5.14. The third-order valence-corrected chi connectivity index (χ3v) is 9.57. The van der Waals surface area contributed by atoms with Gasteiger partial charge in [0.15, 0.2) is 0 Å². The number of imide groups is 1. The normalized spacial score (nSPS) is 14.9. The van der Waals surface area contributed by atoms with Crippen molar-refractivity contribution in [1.29, 1.82) is 5.26 Å². The van der Waals surface area contributed by atoms with Crippen molar-refractivity contribution in [3.63, 3.8) is 0 Å². The Labute approximate surface area is 257 Å². The largest absolute Gasteiger partial charge is 0.271 e. The molecule has 0 bridgehead atoms. The molecule has 0 saturated carbocycles. The van der Waals surface area contributed by atoms with Crippen LogP contribution in [-0.2, 0) is 26.2 Å². The van der Waals surface area contributed by atoms with Crippen molar-refractivity contribution in [2.75, 3.05) is 13.1 Å². The Morgan fingerprint density at radius 3 is 2.20 bits per heavy atom. The van der Waals surface area contributed by atoms with Gasteiger partial charge in [0, 0.05) is 36.0 Å². The van der Waals surface area contributed by atoms with Crippen molar-refractivity contribution in [2.45, 2.75) is 32.2 Å². The van der Waals surface area contributed by atoms with E-state index >= 15 is 0 Å². The molecule has 0 aliphatic carbocycles. The van der Waals surface area contributed by atoms with Gasteiger partial charge in [0.25, 0.3) is 11.8 Å². The van der Waals surface area contributed by atoms with Crippen LogP contribution in [-0.4, -0.2) is 52.3 Å². The zero-order chi connectivity index (χ0) is 31.4. The minimum absolute atomic E-state index is 0.00963. The fourth-order valence-corrected chi connectivity index (χ4v) is 6.65. The highest BCUT2D eigenvalue weighted by atomic mass is 32.2. The van der Waals surface area contributed by atoms with Crippen LogP contribution in [0.2, 0.25) is 0 Å². The van der Waals surface area contributed by atoms with Gasteiger partial charge < -0.3 is 0 Å². The minimum atomic E-state index is -3.75. The molecular formula is C34H31N5O4S. The predicted octanol–water partition coefficient (Wildman–Crippen LogP) is 5.36. The molecule has 0 fully saturated rings. The van der Waals surface area contributed by atoms with Crippen LogP contribution in [0.4, 0.5) is 0 Å². The zero-order valence-corrected chi connectivity index (χ0v) is 25.5. The average Bonchev–Trinajstić information content (AvgIpc) is 3.47. The molecule has 2 heterocycles. The summed E-state index contributed by atoms with van der Waals surface area (Å²) in [4.78, 5) is 28.3. The van der Waals surface area contributed by atoms with E-state index in [1.165, 1.54) is 4.31 Å². The molecule has 4 aromatic rings. The Balaban J connectivity index is 1.68. The van der Waals surface area contributed by atoms with E-state index in [0.29, 0.717) is 29.9 Å². The van der Waals surface area contributed by atoms with Gasteiger partial charge in [-0.05, 0) is 48.4 Å². The summed E-state index contributed by atoms with van der Waals surface area (Å²) in [6, 6.07) is 27.0. The molecule has 0 atom stereocenters. The Morgan fingerprint density at radius 1 is 0.909 bits per heavy atom. The highest BCUT2D eigenvalue weighted by molar-refractivity contribution is 7.89. The molecule has 1 aliphatic rings. The van der Waals surface area contributed by atoms with Crippen LogP contribution in [0.5, 0.6) is 0 Å². The van der Waals surface area contributed by atoms with E-state index in [1.54, 1.807) is 62.0 Å². The number of carbonyl (C=O) groups is 2. The molecule has 1 aliphatic heterocycles. The van der Waals surface area contributed by atoms with E-state index in [4.69, 9.17) is 5.10 Å². The van der Waals surface area contributed by atoms with Gasteiger partial charge in [0.2, 0.25) is 10.0 Å². The number of aromatic nitrogens is 2. The smallest absolute Gasteiger partial charge is 0.269 e. The standard InChI is InChI=1S/C34H31N5O4S/c1-4-37(5-2)44(42,43)29-18-12-15-26(19-29)32-27(23-39(36-32)28-16-10-7-11-17-28)20-30-24(3)31(21-35)34(41)38(33(30)40)22-25-13-8-6-9-14-25/h6-20,23H,4-5,22H2,1-3H3/b30-20+. The van der Waals surface area contributed by atoms with E-state index in [-0.39, 0.29) is 28.2 Å². The summed E-state index contributed by atoms with van der Waals surface area (Å²) in [6.07, 6.45) is 3.36. The molecule has 0 saturated heterocycles. The van der Waals surface area contributed by atoms with Gasteiger partial charge in [-0.3, -0.25) is 14.5 Å².